The first-order chi connectivity index (χ1) is 19.6. The van der Waals surface area contributed by atoms with E-state index in [0.717, 1.165) is 22.5 Å². The fraction of sp³-hybridized carbons (Fsp3) is 0.300. The molecule has 1 unspecified atom stereocenters. The van der Waals surface area contributed by atoms with Crippen LogP contribution in [0.25, 0.3) is 11.0 Å². The number of para-hydroxylation sites is 1. The third-order valence-electron chi connectivity index (χ3n) is 6.43. The van der Waals surface area contributed by atoms with Gasteiger partial charge in [-0.25, -0.2) is 4.98 Å². The Kier molecular flexibility index (Phi) is 11.2. The van der Waals surface area contributed by atoms with Gasteiger partial charge >= 0.3 is 0 Å². The van der Waals surface area contributed by atoms with Crippen molar-refractivity contribution in [1.82, 2.24) is 14.9 Å². The van der Waals surface area contributed by atoms with Crippen LogP contribution in [0.2, 0.25) is 0 Å². The molecule has 41 heavy (non-hydrogen) atoms. The highest BCUT2D eigenvalue weighted by molar-refractivity contribution is 6.27. The number of aryl methyl sites for hydroxylation is 1. The lowest BCUT2D eigenvalue weighted by Crippen LogP contribution is -2.30. The van der Waals surface area contributed by atoms with Crippen molar-refractivity contribution < 1.29 is 9.53 Å². The van der Waals surface area contributed by atoms with Crippen LogP contribution in [0.5, 0.6) is 5.75 Å². The molecule has 1 amide bonds. The number of fused-ring (bicyclic) bond motifs is 1. The van der Waals surface area contributed by atoms with Crippen molar-refractivity contribution in [2.75, 3.05) is 50.0 Å². The molecule has 0 spiro atoms. The van der Waals surface area contributed by atoms with Crippen molar-refractivity contribution in [3.63, 3.8) is 0 Å². The van der Waals surface area contributed by atoms with Crippen LogP contribution in [0.3, 0.4) is 0 Å². The van der Waals surface area contributed by atoms with Gasteiger partial charge in [0.2, 0.25) is 0 Å². The maximum absolute atomic E-state index is 12.9. The maximum atomic E-state index is 12.9. The highest BCUT2D eigenvalue weighted by atomic mass is 35.5. The second-order valence-electron chi connectivity index (χ2n) is 9.64. The number of halogens is 1. The lowest BCUT2D eigenvalue weighted by molar-refractivity contribution is 0.0932. The average Bonchev–Trinajstić information content (AvgIpc) is 3.31. The van der Waals surface area contributed by atoms with Gasteiger partial charge in [0.15, 0.2) is 0 Å². The van der Waals surface area contributed by atoms with Crippen molar-refractivity contribution in [1.29, 1.82) is 0 Å². The SMILES string of the molecule is CN(C)c1ccc(N)cc1.COc1cccc2c1nc(C(CCCN=C(N)CCl)NC(=O)c1ccc(N)cc1)n2C. The summed E-state index contributed by atoms with van der Waals surface area (Å²) in [5.41, 5.74) is 21.7. The summed E-state index contributed by atoms with van der Waals surface area (Å²) in [6.07, 6.45) is 1.32. The number of nitrogens with zero attached hydrogens (tertiary/aromatic N) is 4. The molecule has 1 atom stereocenters. The Hall–Kier alpha value is -4.44. The van der Waals surface area contributed by atoms with E-state index in [1.165, 1.54) is 5.69 Å². The normalized spacial score (nSPS) is 11.9. The number of aliphatic imine (C=N–C) groups is 1. The molecule has 10 nitrogen and oxygen atoms in total. The summed E-state index contributed by atoms with van der Waals surface area (Å²) in [6, 6.07) is 20.0. The minimum atomic E-state index is -0.334. The van der Waals surface area contributed by atoms with Gasteiger partial charge in [-0.1, -0.05) is 6.07 Å². The van der Waals surface area contributed by atoms with E-state index in [4.69, 9.17) is 38.5 Å². The molecular formula is C30H39ClN8O2. The predicted octanol–water partition coefficient (Wildman–Crippen LogP) is 4.35. The lowest BCUT2D eigenvalue weighted by atomic mass is 10.1. The third kappa shape index (κ3) is 8.52. The molecule has 0 aliphatic carbocycles. The van der Waals surface area contributed by atoms with Gasteiger partial charge in [-0.05, 0) is 73.5 Å². The number of nitrogen functional groups attached to an aromatic ring is 2. The van der Waals surface area contributed by atoms with Crippen molar-refractivity contribution in [2.45, 2.75) is 18.9 Å². The number of hydrogen-bond donors (Lipinski definition) is 4. The molecule has 11 heteroatoms. The van der Waals surface area contributed by atoms with Crippen LogP contribution in [-0.2, 0) is 7.05 Å². The van der Waals surface area contributed by atoms with Gasteiger partial charge in [-0.2, -0.15) is 0 Å². The Bertz CT molecular complexity index is 1450. The Morgan fingerprint density at radius 2 is 1.71 bits per heavy atom. The fourth-order valence-electron chi connectivity index (χ4n) is 4.16. The highest BCUT2D eigenvalue weighted by Crippen LogP contribution is 2.29. The van der Waals surface area contributed by atoms with E-state index in [1.54, 1.807) is 31.4 Å². The van der Waals surface area contributed by atoms with Crippen LogP contribution in [0, 0.1) is 0 Å². The monoisotopic (exact) mass is 578 g/mol. The molecule has 0 aliphatic heterocycles. The number of carbonyl (C=O) groups excluding carboxylic acids is 1. The number of nitrogens with two attached hydrogens (primary N) is 3. The Labute approximate surface area is 246 Å². The summed E-state index contributed by atoms with van der Waals surface area (Å²) in [5, 5.41) is 3.10. The largest absolute Gasteiger partial charge is 0.494 e. The number of nitrogens with one attached hydrogen (secondary N) is 1. The van der Waals surface area contributed by atoms with Gasteiger partial charge < -0.3 is 36.7 Å². The van der Waals surface area contributed by atoms with Crippen LogP contribution >= 0.6 is 11.6 Å². The van der Waals surface area contributed by atoms with Gasteiger partial charge in [0.25, 0.3) is 5.91 Å². The Balaban J connectivity index is 0.000000389. The summed E-state index contributed by atoms with van der Waals surface area (Å²) in [4.78, 5) is 24.0. The van der Waals surface area contributed by atoms with E-state index >= 15 is 0 Å². The first-order valence-electron chi connectivity index (χ1n) is 13.2. The maximum Gasteiger partial charge on any atom is 0.251 e. The smallest absolute Gasteiger partial charge is 0.251 e. The summed E-state index contributed by atoms with van der Waals surface area (Å²) in [7, 11) is 7.55. The number of rotatable bonds is 10. The lowest BCUT2D eigenvalue weighted by Gasteiger charge is -2.18. The number of carbonyl (C=O) groups is 1. The van der Waals surface area contributed by atoms with Crippen molar-refractivity contribution >= 4 is 51.4 Å². The molecule has 218 valence electrons. The van der Waals surface area contributed by atoms with E-state index in [2.05, 4.69) is 10.3 Å². The van der Waals surface area contributed by atoms with E-state index in [-0.39, 0.29) is 17.8 Å². The van der Waals surface area contributed by atoms with Crippen molar-refractivity contribution in [3.05, 3.63) is 78.1 Å². The first-order valence-corrected chi connectivity index (χ1v) is 13.7. The van der Waals surface area contributed by atoms with E-state index in [9.17, 15) is 4.79 Å². The summed E-state index contributed by atoms with van der Waals surface area (Å²) in [5.74, 6) is 1.81. The molecule has 0 radical (unpaired) electrons. The minimum absolute atomic E-state index is 0.196. The molecule has 0 bridgehead atoms. The topological polar surface area (TPSA) is 150 Å². The zero-order chi connectivity index (χ0) is 29.9. The molecule has 4 rings (SSSR count). The zero-order valence-electron chi connectivity index (χ0n) is 24.0. The van der Waals surface area contributed by atoms with Crippen molar-refractivity contribution in [2.24, 2.45) is 17.8 Å². The Morgan fingerprint density at radius 3 is 2.29 bits per heavy atom. The molecule has 4 aromatic rings. The van der Waals surface area contributed by atoms with E-state index in [1.807, 2.05) is 73.1 Å². The number of anilines is 3. The number of aromatic nitrogens is 2. The van der Waals surface area contributed by atoms with E-state index < -0.39 is 0 Å². The quantitative estimate of drug-likeness (QED) is 0.0718. The first kappa shape index (κ1) is 31.1. The van der Waals surface area contributed by atoms with Crippen LogP contribution < -0.4 is 32.2 Å². The van der Waals surface area contributed by atoms with Crippen LogP contribution in [-0.4, -0.2) is 54.9 Å². The van der Waals surface area contributed by atoms with Crippen molar-refractivity contribution in [3.8, 4) is 5.75 Å². The molecule has 0 fully saturated rings. The van der Waals surface area contributed by atoms with Gasteiger partial charge in [-0.3, -0.25) is 9.79 Å². The molecule has 1 aromatic heterocycles. The third-order valence-corrected chi connectivity index (χ3v) is 6.70. The van der Waals surface area contributed by atoms with Crippen LogP contribution in [0.1, 0.15) is 35.1 Å². The number of amidine groups is 1. The number of amides is 1. The number of imidazole rings is 1. The fourth-order valence-corrected chi connectivity index (χ4v) is 4.24. The predicted molar refractivity (Wildman–Crippen MR) is 170 cm³/mol. The average molecular weight is 579 g/mol. The van der Waals surface area contributed by atoms with Gasteiger partial charge in [0, 0.05) is 50.3 Å². The van der Waals surface area contributed by atoms with E-state index in [0.29, 0.717) is 42.2 Å². The summed E-state index contributed by atoms with van der Waals surface area (Å²) in [6.45, 7) is 0.514. The number of hydrogen-bond acceptors (Lipinski definition) is 7. The molecular weight excluding hydrogens is 540 g/mol. The summed E-state index contributed by atoms with van der Waals surface area (Å²) >= 11 is 5.68. The molecule has 1 heterocycles. The molecule has 0 saturated carbocycles. The van der Waals surface area contributed by atoms with Gasteiger partial charge in [0.05, 0.1) is 24.5 Å². The van der Waals surface area contributed by atoms with Gasteiger partial charge in [0.1, 0.15) is 22.9 Å². The molecule has 0 aliphatic rings. The second-order valence-corrected chi connectivity index (χ2v) is 9.91. The number of methoxy groups -OCH3 is 1. The highest BCUT2D eigenvalue weighted by Gasteiger charge is 2.22. The van der Waals surface area contributed by atoms with Gasteiger partial charge in [-0.15, -0.1) is 11.6 Å². The number of alkyl halides is 1. The minimum Gasteiger partial charge on any atom is -0.494 e. The van der Waals surface area contributed by atoms with Crippen LogP contribution in [0.15, 0.2) is 71.7 Å². The number of ether oxygens (including phenoxy) is 1. The number of benzene rings is 3. The summed E-state index contributed by atoms with van der Waals surface area (Å²) < 4.78 is 7.43. The van der Waals surface area contributed by atoms with Crippen LogP contribution in [0.4, 0.5) is 17.1 Å². The molecule has 7 N–H and O–H groups in total. The Morgan fingerprint density at radius 1 is 1.07 bits per heavy atom. The second kappa shape index (κ2) is 14.8. The molecule has 0 saturated heterocycles. The standard InChI is InChI=1S/C22H27ClN6O2.C8H12N2/c1-29-17-6-3-7-18(31-2)20(17)28-21(29)16(5-4-12-26-19(25)13-23)27-22(30)14-8-10-15(24)11-9-14;1-10(2)8-5-3-7(9)4-6-8/h3,6-11,16H,4-5,12-13,24H2,1-2H3,(H2,25,26)(H,27,30);3-6H,9H2,1-2H3. The molecule has 3 aromatic carbocycles. The zero-order valence-corrected chi connectivity index (χ0v) is 24.7.